The molecule has 0 radical (unpaired) electrons. The Hall–Kier alpha value is -2.17. The molecule has 1 aliphatic heterocycles. The van der Waals surface area contributed by atoms with Gasteiger partial charge in [-0.05, 0) is 36.8 Å². The van der Waals surface area contributed by atoms with E-state index in [2.05, 4.69) is 46.0 Å². The number of aromatic nitrogens is 3. The van der Waals surface area contributed by atoms with Gasteiger partial charge in [0.1, 0.15) is 5.82 Å². The molecule has 5 nitrogen and oxygen atoms in total. The molecule has 2 atom stereocenters. The van der Waals surface area contributed by atoms with E-state index in [1.54, 1.807) is 0 Å². The molecule has 0 spiro atoms. The minimum Gasteiger partial charge on any atom is -0.338 e. The molecular weight excluding hydrogens is 288 g/mol. The van der Waals surface area contributed by atoms with Gasteiger partial charge in [-0.1, -0.05) is 24.3 Å². The maximum absolute atomic E-state index is 12.7. The van der Waals surface area contributed by atoms with E-state index in [-0.39, 0.29) is 11.8 Å². The first-order valence-corrected chi connectivity index (χ1v) is 8.36. The minimum atomic E-state index is 0.127. The van der Waals surface area contributed by atoms with Gasteiger partial charge in [-0.3, -0.25) is 4.79 Å². The molecule has 120 valence electrons. The van der Waals surface area contributed by atoms with Crippen LogP contribution in [0.15, 0.2) is 24.3 Å². The van der Waals surface area contributed by atoms with Gasteiger partial charge in [0.05, 0.1) is 6.54 Å². The maximum atomic E-state index is 12.7. The predicted molar refractivity (Wildman–Crippen MR) is 86.8 cm³/mol. The van der Waals surface area contributed by atoms with E-state index in [0.29, 0.717) is 12.5 Å². The molecule has 2 aliphatic rings. The molecule has 1 amide bonds. The molecule has 0 bridgehead atoms. The van der Waals surface area contributed by atoms with Crippen LogP contribution in [-0.4, -0.2) is 32.6 Å². The summed E-state index contributed by atoms with van der Waals surface area (Å²) in [5, 5.41) is 8.47. The van der Waals surface area contributed by atoms with E-state index in [1.807, 2.05) is 11.9 Å². The van der Waals surface area contributed by atoms with Gasteiger partial charge in [0, 0.05) is 25.9 Å². The number of nitrogens with zero attached hydrogens (tertiary/aromatic N) is 4. The third kappa shape index (κ3) is 2.54. The zero-order valence-electron chi connectivity index (χ0n) is 13.7. The predicted octanol–water partition coefficient (Wildman–Crippen LogP) is 2.29. The van der Waals surface area contributed by atoms with Crippen LogP contribution >= 0.6 is 0 Å². The lowest BCUT2D eigenvalue weighted by Crippen LogP contribution is -2.29. The van der Waals surface area contributed by atoms with Gasteiger partial charge in [-0.2, -0.15) is 0 Å². The molecule has 1 aromatic heterocycles. The van der Waals surface area contributed by atoms with Crippen molar-refractivity contribution in [3.05, 3.63) is 47.0 Å². The summed E-state index contributed by atoms with van der Waals surface area (Å²) in [5.74, 6) is 2.72. The van der Waals surface area contributed by atoms with Gasteiger partial charge in [-0.15, -0.1) is 10.2 Å². The molecule has 1 fully saturated rings. The number of aryl methyl sites for hydroxylation is 2. The highest BCUT2D eigenvalue weighted by Crippen LogP contribution is 2.49. The second kappa shape index (κ2) is 5.48. The molecule has 2 heterocycles. The quantitative estimate of drug-likeness (QED) is 0.870. The number of carbonyl (C=O) groups is 1. The van der Waals surface area contributed by atoms with Gasteiger partial charge in [0.25, 0.3) is 0 Å². The summed E-state index contributed by atoms with van der Waals surface area (Å²) in [6, 6.07) is 8.39. The lowest BCUT2D eigenvalue weighted by atomic mass is 10.0. The standard InChI is InChI=1S/C18H22N4O/c1-12-6-3-4-7-13(12)14-10-15(14)18(23)21(2)11-17-20-19-16-8-5-9-22(16)17/h3-4,6-7,14-15H,5,8-11H2,1-2H3. The van der Waals surface area contributed by atoms with Crippen molar-refractivity contribution in [3.63, 3.8) is 0 Å². The SMILES string of the molecule is Cc1ccccc1C1CC1C(=O)N(C)Cc1nnc2n1CCC2. The number of amides is 1. The summed E-state index contributed by atoms with van der Waals surface area (Å²) in [6.45, 7) is 3.66. The molecule has 2 unspecified atom stereocenters. The van der Waals surface area contributed by atoms with Crippen LogP contribution in [0, 0.1) is 12.8 Å². The zero-order chi connectivity index (χ0) is 16.0. The number of rotatable bonds is 4. The number of hydrogen-bond donors (Lipinski definition) is 0. The van der Waals surface area contributed by atoms with Crippen molar-refractivity contribution < 1.29 is 4.79 Å². The van der Waals surface area contributed by atoms with E-state index in [0.717, 1.165) is 37.5 Å². The molecule has 1 saturated carbocycles. The Morgan fingerprint density at radius 3 is 3.00 bits per heavy atom. The summed E-state index contributed by atoms with van der Waals surface area (Å²) >= 11 is 0. The lowest BCUT2D eigenvalue weighted by Gasteiger charge is -2.17. The highest BCUT2D eigenvalue weighted by Gasteiger charge is 2.45. The van der Waals surface area contributed by atoms with Crippen LogP contribution in [0.1, 0.15) is 41.5 Å². The van der Waals surface area contributed by atoms with E-state index in [9.17, 15) is 4.79 Å². The van der Waals surface area contributed by atoms with Gasteiger partial charge in [-0.25, -0.2) is 0 Å². The van der Waals surface area contributed by atoms with Crippen LogP contribution in [-0.2, 0) is 24.3 Å². The lowest BCUT2D eigenvalue weighted by molar-refractivity contribution is -0.132. The third-order valence-electron chi connectivity index (χ3n) is 5.14. The Morgan fingerprint density at radius 2 is 2.17 bits per heavy atom. The summed E-state index contributed by atoms with van der Waals surface area (Å²) in [4.78, 5) is 14.5. The Labute approximate surface area is 136 Å². The van der Waals surface area contributed by atoms with Gasteiger partial charge in [0.2, 0.25) is 5.91 Å². The summed E-state index contributed by atoms with van der Waals surface area (Å²) < 4.78 is 2.16. The van der Waals surface area contributed by atoms with Crippen molar-refractivity contribution in [2.45, 2.75) is 45.2 Å². The first-order chi connectivity index (χ1) is 11.1. The van der Waals surface area contributed by atoms with Crippen molar-refractivity contribution in [3.8, 4) is 0 Å². The van der Waals surface area contributed by atoms with E-state index in [4.69, 9.17) is 0 Å². The van der Waals surface area contributed by atoms with Gasteiger partial charge < -0.3 is 9.47 Å². The Balaban J connectivity index is 1.43. The van der Waals surface area contributed by atoms with E-state index < -0.39 is 0 Å². The van der Waals surface area contributed by atoms with Crippen molar-refractivity contribution in [1.82, 2.24) is 19.7 Å². The van der Waals surface area contributed by atoms with E-state index >= 15 is 0 Å². The average molecular weight is 310 g/mol. The average Bonchev–Trinajstić information content (AvgIpc) is 3.03. The molecule has 0 N–H and O–H groups in total. The topological polar surface area (TPSA) is 51.0 Å². The molecule has 23 heavy (non-hydrogen) atoms. The third-order valence-corrected chi connectivity index (χ3v) is 5.14. The maximum Gasteiger partial charge on any atom is 0.226 e. The van der Waals surface area contributed by atoms with Crippen LogP contribution in [0.25, 0.3) is 0 Å². The normalized spacial score (nSPS) is 22.0. The highest BCUT2D eigenvalue weighted by atomic mass is 16.2. The number of hydrogen-bond acceptors (Lipinski definition) is 3. The van der Waals surface area contributed by atoms with Crippen molar-refractivity contribution in [2.24, 2.45) is 5.92 Å². The van der Waals surface area contributed by atoms with Crippen LogP contribution in [0.2, 0.25) is 0 Å². The number of fused-ring (bicyclic) bond motifs is 1. The summed E-state index contributed by atoms with van der Waals surface area (Å²) in [7, 11) is 1.88. The molecule has 5 heteroatoms. The van der Waals surface area contributed by atoms with Crippen LogP contribution in [0.3, 0.4) is 0 Å². The molecular formula is C18H22N4O. The Kier molecular flexibility index (Phi) is 3.43. The van der Waals surface area contributed by atoms with Crippen molar-refractivity contribution in [2.75, 3.05) is 7.05 Å². The van der Waals surface area contributed by atoms with Crippen molar-refractivity contribution in [1.29, 1.82) is 0 Å². The van der Waals surface area contributed by atoms with Crippen LogP contribution < -0.4 is 0 Å². The highest BCUT2D eigenvalue weighted by molar-refractivity contribution is 5.82. The zero-order valence-corrected chi connectivity index (χ0v) is 13.7. The van der Waals surface area contributed by atoms with Crippen LogP contribution in [0.4, 0.5) is 0 Å². The number of benzene rings is 1. The molecule has 2 aromatic rings. The Morgan fingerprint density at radius 1 is 1.35 bits per heavy atom. The first kappa shape index (κ1) is 14.4. The molecule has 1 aliphatic carbocycles. The second-order valence-electron chi connectivity index (χ2n) is 6.79. The monoisotopic (exact) mass is 310 g/mol. The summed E-state index contributed by atoms with van der Waals surface area (Å²) in [5.41, 5.74) is 2.60. The Bertz CT molecular complexity index is 751. The summed E-state index contributed by atoms with van der Waals surface area (Å²) in [6.07, 6.45) is 3.10. The first-order valence-electron chi connectivity index (χ1n) is 8.36. The molecule has 1 aromatic carbocycles. The van der Waals surface area contributed by atoms with Crippen molar-refractivity contribution >= 4 is 5.91 Å². The van der Waals surface area contributed by atoms with Crippen LogP contribution in [0.5, 0.6) is 0 Å². The van der Waals surface area contributed by atoms with Gasteiger partial charge >= 0.3 is 0 Å². The minimum absolute atomic E-state index is 0.127. The van der Waals surface area contributed by atoms with E-state index in [1.165, 1.54) is 11.1 Å². The fourth-order valence-corrected chi connectivity index (χ4v) is 3.72. The van der Waals surface area contributed by atoms with Gasteiger partial charge in [0.15, 0.2) is 5.82 Å². The molecule has 4 rings (SSSR count). The number of carbonyl (C=O) groups excluding carboxylic acids is 1. The largest absolute Gasteiger partial charge is 0.338 e. The second-order valence-corrected chi connectivity index (χ2v) is 6.79. The molecule has 0 saturated heterocycles. The fraction of sp³-hybridized carbons (Fsp3) is 0.500. The fourth-order valence-electron chi connectivity index (χ4n) is 3.72. The smallest absolute Gasteiger partial charge is 0.226 e.